The minimum absolute atomic E-state index is 0.193. The second-order valence-corrected chi connectivity index (χ2v) is 4.71. The maximum absolute atomic E-state index is 12.1. The summed E-state index contributed by atoms with van der Waals surface area (Å²) in [6.45, 7) is 2.50. The van der Waals surface area contributed by atoms with Crippen LogP contribution in [0.5, 0.6) is 0 Å². The van der Waals surface area contributed by atoms with Crippen LogP contribution in [0, 0.1) is 0 Å². The van der Waals surface area contributed by atoms with Crippen molar-refractivity contribution in [3.63, 3.8) is 0 Å². The van der Waals surface area contributed by atoms with Crippen LogP contribution in [0.25, 0.3) is 0 Å². The Morgan fingerprint density at radius 1 is 1.45 bits per heavy atom. The van der Waals surface area contributed by atoms with E-state index in [0.717, 1.165) is 17.7 Å². The Labute approximate surface area is 117 Å². The topological polar surface area (TPSA) is 90.8 Å². The molecule has 0 radical (unpaired) electrons. The van der Waals surface area contributed by atoms with Crippen LogP contribution >= 0.6 is 0 Å². The van der Waals surface area contributed by atoms with Gasteiger partial charge in [0.2, 0.25) is 0 Å². The minimum atomic E-state index is -0.193. The molecule has 108 valence electrons. The molecule has 2 aromatic rings. The first kappa shape index (κ1) is 14.1. The van der Waals surface area contributed by atoms with Crippen LogP contribution in [0.3, 0.4) is 0 Å². The van der Waals surface area contributed by atoms with E-state index in [1.165, 1.54) is 4.68 Å². The van der Waals surface area contributed by atoms with E-state index >= 15 is 0 Å². The largest absolute Gasteiger partial charge is 0.395 e. The monoisotopic (exact) mass is 276 g/mol. The van der Waals surface area contributed by atoms with E-state index in [2.05, 4.69) is 15.5 Å². The summed E-state index contributed by atoms with van der Waals surface area (Å²) < 4.78 is 3.28. The molecular weight excluding hydrogens is 256 g/mol. The Hall–Kier alpha value is -2.31. The number of nitrogen functional groups attached to an aromatic ring is 1. The predicted molar refractivity (Wildman–Crippen MR) is 76.2 cm³/mol. The lowest BCUT2D eigenvalue weighted by Gasteiger charge is -2.05. The Morgan fingerprint density at radius 2 is 2.20 bits per heavy atom. The van der Waals surface area contributed by atoms with Gasteiger partial charge in [-0.1, -0.05) is 6.92 Å². The Kier molecular flexibility index (Phi) is 4.07. The van der Waals surface area contributed by atoms with Crippen molar-refractivity contribution in [2.45, 2.75) is 19.8 Å². The third kappa shape index (κ3) is 2.81. The fourth-order valence-electron chi connectivity index (χ4n) is 2.13. The van der Waals surface area contributed by atoms with Crippen LogP contribution in [0.4, 0.5) is 5.69 Å². The van der Waals surface area contributed by atoms with Crippen molar-refractivity contribution < 1.29 is 4.79 Å². The lowest BCUT2D eigenvalue weighted by molar-refractivity contribution is 0.0945. The van der Waals surface area contributed by atoms with Crippen molar-refractivity contribution in [3.05, 3.63) is 29.3 Å². The highest BCUT2D eigenvalue weighted by atomic mass is 16.2. The van der Waals surface area contributed by atoms with Gasteiger partial charge in [0, 0.05) is 26.8 Å². The first-order valence-electron chi connectivity index (χ1n) is 6.60. The second-order valence-electron chi connectivity index (χ2n) is 4.71. The summed E-state index contributed by atoms with van der Waals surface area (Å²) in [5, 5.41) is 11.2. The van der Waals surface area contributed by atoms with Gasteiger partial charge in [-0.15, -0.1) is 0 Å². The summed E-state index contributed by atoms with van der Waals surface area (Å²) in [5.41, 5.74) is 8.67. The van der Waals surface area contributed by atoms with Crippen molar-refractivity contribution in [2.75, 3.05) is 12.3 Å². The van der Waals surface area contributed by atoms with Gasteiger partial charge in [-0.25, -0.2) is 0 Å². The molecule has 0 aliphatic rings. The molecule has 0 spiro atoms. The lowest BCUT2D eigenvalue weighted by Crippen LogP contribution is -2.28. The molecule has 20 heavy (non-hydrogen) atoms. The molecule has 7 heteroatoms. The number of aryl methyl sites for hydroxylation is 3. The molecule has 0 atom stereocenters. The van der Waals surface area contributed by atoms with Crippen LogP contribution in [0.15, 0.2) is 12.4 Å². The first-order valence-corrected chi connectivity index (χ1v) is 6.60. The van der Waals surface area contributed by atoms with Crippen LogP contribution in [0.1, 0.15) is 28.7 Å². The third-order valence-electron chi connectivity index (χ3n) is 3.17. The predicted octanol–water partition coefficient (Wildman–Crippen LogP) is 0.271. The maximum atomic E-state index is 12.1. The summed E-state index contributed by atoms with van der Waals surface area (Å²) in [5.74, 6) is -0.193. The van der Waals surface area contributed by atoms with Gasteiger partial charge in [0.1, 0.15) is 5.69 Å². The van der Waals surface area contributed by atoms with Crippen LogP contribution < -0.4 is 11.1 Å². The van der Waals surface area contributed by atoms with Crippen molar-refractivity contribution >= 4 is 11.6 Å². The normalized spacial score (nSPS) is 10.8. The van der Waals surface area contributed by atoms with Gasteiger partial charge in [0.25, 0.3) is 5.91 Å². The Bertz CT molecular complexity index is 612. The molecule has 7 nitrogen and oxygen atoms in total. The number of hydrogen-bond donors (Lipinski definition) is 2. The Balaban J connectivity index is 1.97. The lowest BCUT2D eigenvalue weighted by atomic mass is 10.2. The molecule has 2 rings (SSSR count). The minimum Gasteiger partial charge on any atom is -0.395 e. The number of nitrogens with two attached hydrogens (primary N) is 1. The van der Waals surface area contributed by atoms with Gasteiger partial charge >= 0.3 is 0 Å². The number of anilines is 1. The summed E-state index contributed by atoms with van der Waals surface area (Å²) in [4.78, 5) is 12.1. The molecule has 0 aliphatic carbocycles. The highest BCUT2D eigenvalue weighted by Crippen LogP contribution is 2.16. The molecule has 2 heterocycles. The molecule has 0 saturated carbocycles. The van der Waals surface area contributed by atoms with E-state index in [4.69, 9.17) is 5.73 Å². The molecule has 0 fully saturated rings. The van der Waals surface area contributed by atoms with Gasteiger partial charge in [-0.2, -0.15) is 10.2 Å². The zero-order valence-electron chi connectivity index (χ0n) is 12.1. The van der Waals surface area contributed by atoms with Crippen molar-refractivity contribution in [2.24, 2.45) is 14.1 Å². The van der Waals surface area contributed by atoms with Crippen LogP contribution in [-0.4, -0.2) is 32.0 Å². The van der Waals surface area contributed by atoms with E-state index in [1.807, 2.05) is 20.2 Å². The second kappa shape index (κ2) is 5.77. The number of nitrogens with one attached hydrogen (secondary N) is 1. The Morgan fingerprint density at radius 3 is 2.75 bits per heavy atom. The zero-order valence-corrected chi connectivity index (χ0v) is 12.1. The van der Waals surface area contributed by atoms with Gasteiger partial charge in [0.15, 0.2) is 0 Å². The standard InChI is InChI=1S/C13H20N6O/c1-4-10-11(14)12(19(3)17-10)13(20)15-6-5-9-7-16-18(2)8-9/h7-8H,4-6,14H2,1-3H3,(H,15,20). The van der Waals surface area contributed by atoms with Crippen molar-refractivity contribution in [1.82, 2.24) is 24.9 Å². The zero-order chi connectivity index (χ0) is 14.7. The number of aromatic nitrogens is 4. The molecule has 0 aliphatic heterocycles. The van der Waals surface area contributed by atoms with E-state index in [1.54, 1.807) is 17.9 Å². The first-order chi connectivity index (χ1) is 9.52. The molecule has 0 bridgehead atoms. The number of carbonyl (C=O) groups is 1. The van der Waals surface area contributed by atoms with Crippen molar-refractivity contribution in [1.29, 1.82) is 0 Å². The molecule has 1 amide bonds. The van der Waals surface area contributed by atoms with E-state index in [9.17, 15) is 4.79 Å². The van der Waals surface area contributed by atoms with E-state index < -0.39 is 0 Å². The third-order valence-corrected chi connectivity index (χ3v) is 3.17. The number of carbonyl (C=O) groups excluding carboxylic acids is 1. The van der Waals surface area contributed by atoms with E-state index in [-0.39, 0.29) is 5.91 Å². The number of hydrogen-bond acceptors (Lipinski definition) is 4. The average molecular weight is 276 g/mol. The van der Waals surface area contributed by atoms with Gasteiger partial charge in [0.05, 0.1) is 17.6 Å². The number of amides is 1. The van der Waals surface area contributed by atoms with Crippen LogP contribution in [0.2, 0.25) is 0 Å². The summed E-state index contributed by atoms with van der Waals surface area (Å²) in [6.07, 6.45) is 5.17. The highest BCUT2D eigenvalue weighted by molar-refractivity contribution is 5.97. The fourth-order valence-corrected chi connectivity index (χ4v) is 2.13. The fraction of sp³-hybridized carbons (Fsp3) is 0.462. The summed E-state index contributed by atoms with van der Waals surface area (Å²) in [7, 11) is 3.59. The number of nitrogens with zero attached hydrogens (tertiary/aromatic N) is 4. The number of rotatable bonds is 5. The molecule has 0 unspecified atom stereocenters. The summed E-state index contributed by atoms with van der Waals surface area (Å²) in [6, 6.07) is 0. The average Bonchev–Trinajstić information content (AvgIpc) is 2.93. The van der Waals surface area contributed by atoms with Crippen molar-refractivity contribution in [3.8, 4) is 0 Å². The SMILES string of the molecule is CCc1nn(C)c(C(=O)NCCc2cnn(C)c2)c1N. The molecule has 2 aromatic heterocycles. The summed E-state index contributed by atoms with van der Waals surface area (Å²) >= 11 is 0. The van der Waals surface area contributed by atoms with Gasteiger partial charge in [-0.05, 0) is 18.4 Å². The van der Waals surface area contributed by atoms with E-state index in [0.29, 0.717) is 24.3 Å². The molecule has 3 N–H and O–H groups in total. The molecule has 0 aromatic carbocycles. The molecule has 0 saturated heterocycles. The van der Waals surface area contributed by atoms with Gasteiger partial charge < -0.3 is 11.1 Å². The smallest absolute Gasteiger partial charge is 0.271 e. The molecular formula is C13H20N6O. The van der Waals surface area contributed by atoms with Crippen LogP contribution in [-0.2, 0) is 26.9 Å². The maximum Gasteiger partial charge on any atom is 0.271 e. The quantitative estimate of drug-likeness (QED) is 0.820. The highest BCUT2D eigenvalue weighted by Gasteiger charge is 2.18. The van der Waals surface area contributed by atoms with Gasteiger partial charge in [-0.3, -0.25) is 14.2 Å².